The number of rotatable bonds is 5. The van der Waals surface area contributed by atoms with Gasteiger partial charge in [0.25, 0.3) is 0 Å². The van der Waals surface area contributed by atoms with E-state index < -0.39 is 0 Å². The first-order valence-electron chi connectivity index (χ1n) is 4.79. The Kier molecular flexibility index (Phi) is 4.33. The number of aliphatic hydroxyl groups excluding tert-OH is 1. The van der Waals surface area contributed by atoms with Crippen molar-refractivity contribution in [2.24, 2.45) is 5.92 Å². The Bertz CT molecular complexity index is 145. The first-order chi connectivity index (χ1) is 5.83. The molecule has 1 aliphatic carbocycles. The van der Waals surface area contributed by atoms with Crippen LogP contribution in [-0.4, -0.2) is 36.8 Å². The maximum absolute atomic E-state index is 8.67. The van der Waals surface area contributed by atoms with Crippen molar-refractivity contribution in [1.29, 1.82) is 0 Å². The summed E-state index contributed by atoms with van der Waals surface area (Å²) < 4.78 is 0. The Morgan fingerprint density at radius 1 is 1.50 bits per heavy atom. The summed E-state index contributed by atoms with van der Waals surface area (Å²) in [7, 11) is 2.06. The molecule has 1 unspecified atom stereocenters. The number of nitrogens with zero attached hydrogens (tertiary/aromatic N) is 1. The van der Waals surface area contributed by atoms with Crippen molar-refractivity contribution >= 4 is 0 Å². The first kappa shape index (κ1) is 9.75. The second-order valence-electron chi connectivity index (χ2n) is 3.58. The van der Waals surface area contributed by atoms with E-state index in [0.29, 0.717) is 0 Å². The monoisotopic (exact) mass is 169 g/mol. The molecule has 0 radical (unpaired) electrons. The maximum Gasteiger partial charge on any atom is 0.0558 e. The minimum Gasteiger partial charge on any atom is -0.395 e. The highest BCUT2D eigenvalue weighted by molar-refractivity contribution is 4.96. The Morgan fingerprint density at radius 3 is 2.92 bits per heavy atom. The zero-order chi connectivity index (χ0) is 8.81. The van der Waals surface area contributed by atoms with E-state index in [9.17, 15) is 0 Å². The average Bonchev–Trinajstić information content (AvgIpc) is 2.53. The second kappa shape index (κ2) is 5.33. The van der Waals surface area contributed by atoms with Crippen LogP contribution in [0.4, 0.5) is 0 Å². The molecule has 0 fully saturated rings. The van der Waals surface area contributed by atoms with Crippen LogP contribution in [0.15, 0.2) is 12.2 Å². The van der Waals surface area contributed by atoms with E-state index in [1.54, 1.807) is 0 Å². The zero-order valence-corrected chi connectivity index (χ0v) is 7.87. The molecule has 2 nitrogen and oxygen atoms in total. The highest BCUT2D eigenvalue weighted by Gasteiger charge is 2.09. The van der Waals surface area contributed by atoms with Gasteiger partial charge in [-0.3, -0.25) is 0 Å². The van der Waals surface area contributed by atoms with E-state index in [0.717, 1.165) is 19.0 Å². The lowest BCUT2D eigenvalue weighted by atomic mass is 10.1. The fourth-order valence-corrected chi connectivity index (χ4v) is 1.60. The number of hydrogen-bond donors (Lipinski definition) is 1. The number of allylic oxidation sites excluding steroid dienone is 2. The fourth-order valence-electron chi connectivity index (χ4n) is 1.60. The molecule has 1 N–H and O–H groups in total. The summed E-state index contributed by atoms with van der Waals surface area (Å²) in [6.45, 7) is 2.18. The van der Waals surface area contributed by atoms with Crippen molar-refractivity contribution in [3.8, 4) is 0 Å². The topological polar surface area (TPSA) is 23.5 Å². The van der Waals surface area contributed by atoms with Crippen molar-refractivity contribution in [3.63, 3.8) is 0 Å². The molecule has 0 amide bonds. The van der Waals surface area contributed by atoms with E-state index >= 15 is 0 Å². The van der Waals surface area contributed by atoms with E-state index in [1.807, 2.05) is 0 Å². The highest BCUT2D eigenvalue weighted by Crippen LogP contribution is 2.20. The summed E-state index contributed by atoms with van der Waals surface area (Å²) >= 11 is 0. The zero-order valence-electron chi connectivity index (χ0n) is 7.87. The first-order valence-corrected chi connectivity index (χ1v) is 4.79. The van der Waals surface area contributed by atoms with Gasteiger partial charge in [0, 0.05) is 6.54 Å². The Morgan fingerprint density at radius 2 is 2.33 bits per heavy atom. The summed E-state index contributed by atoms with van der Waals surface area (Å²) in [5.74, 6) is 0.797. The summed E-state index contributed by atoms with van der Waals surface area (Å²) in [6.07, 6.45) is 8.43. The predicted molar refractivity (Wildman–Crippen MR) is 51.1 cm³/mol. The molecule has 1 aliphatic rings. The van der Waals surface area contributed by atoms with Crippen LogP contribution < -0.4 is 0 Å². The lowest BCUT2D eigenvalue weighted by Gasteiger charge is -2.16. The second-order valence-corrected chi connectivity index (χ2v) is 3.58. The molecule has 0 aliphatic heterocycles. The van der Waals surface area contributed by atoms with Crippen LogP contribution in [0.3, 0.4) is 0 Å². The van der Waals surface area contributed by atoms with Gasteiger partial charge in [-0.1, -0.05) is 12.2 Å². The molecule has 0 heterocycles. The van der Waals surface area contributed by atoms with Crippen molar-refractivity contribution in [2.45, 2.75) is 19.3 Å². The maximum atomic E-state index is 8.67. The van der Waals surface area contributed by atoms with Crippen molar-refractivity contribution in [3.05, 3.63) is 12.2 Å². The van der Waals surface area contributed by atoms with Crippen LogP contribution in [0, 0.1) is 5.92 Å². The Balaban J connectivity index is 2.04. The van der Waals surface area contributed by atoms with E-state index in [2.05, 4.69) is 24.1 Å². The molecule has 70 valence electrons. The Hall–Kier alpha value is -0.340. The molecule has 12 heavy (non-hydrogen) atoms. The quantitative estimate of drug-likeness (QED) is 0.626. The van der Waals surface area contributed by atoms with E-state index in [-0.39, 0.29) is 6.61 Å². The third kappa shape index (κ3) is 3.37. The molecular formula is C10H19NO. The minimum absolute atomic E-state index is 0.275. The molecule has 0 bridgehead atoms. The van der Waals surface area contributed by atoms with Crippen molar-refractivity contribution in [1.82, 2.24) is 4.90 Å². The molecule has 0 aromatic heterocycles. The lowest BCUT2D eigenvalue weighted by Crippen LogP contribution is -2.24. The largest absolute Gasteiger partial charge is 0.395 e. The summed E-state index contributed by atoms with van der Waals surface area (Å²) in [5.41, 5.74) is 0. The van der Waals surface area contributed by atoms with E-state index in [1.165, 1.54) is 19.3 Å². The minimum atomic E-state index is 0.275. The van der Waals surface area contributed by atoms with Gasteiger partial charge in [-0.15, -0.1) is 0 Å². The molecule has 0 saturated carbocycles. The van der Waals surface area contributed by atoms with Gasteiger partial charge < -0.3 is 10.0 Å². The molecule has 0 saturated heterocycles. The van der Waals surface area contributed by atoms with Crippen molar-refractivity contribution in [2.75, 3.05) is 26.7 Å². The van der Waals surface area contributed by atoms with Crippen LogP contribution in [0.25, 0.3) is 0 Å². The van der Waals surface area contributed by atoms with Gasteiger partial charge in [-0.25, -0.2) is 0 Å². The van der Waals surface area contributed by atoms with Gasteiger partial charge >= 0.3 is 0 Å². The summed E-state index contributed by atoms with van der Waals surface area (Å²) in [4.78, 5) is 2.19. The number of likely N-dealkylation sites (N-methyl/N-ethyl adjacent to an activating group) is 1. The van der Waals surface area contributed by atoms with Gasteiger partial charge in [-0.2, -0.15) is 0 Å². The van der Waals surface area contributed by atoms with Crippen LogP contribution in [0.5, 0.6) is 0 Å². The van der Waals surface area contributed by atoms with Crippen LogP contribution in [0.1, 0.15) is 19.3 Å². The van der Waals surface area contributed by atoms with Gasteiger partial charge in [0.15, 0.2) is 0 Å². The predicted octanol–water partition coefficient (Wildman–Crippen LogP) is 1.27. The third-order valence-corrected chi connectivity index (χ3v) is 2.48. The lowest BCUT2D eigenvalue weighted by molar-refractivity contribution is 0.216. The molecular weight excluding hydrogens is 150 g/mol. The highest BCUT2D eigenvalue weighted by atomic mass is 16.3. The Labute approximate surface area is 74.9 Å². The fraction of sp³-hybridized carbons (Fsp3) is 0.800. The molecule has 1 rings (SSSR count). The SMILES string of the molecule is CN(CCO)CCC1C=CCC1. The normalized spacial score (nSPS) is 22.4. The molecule has 0 aromatic carbocycles. The van der Waals surface area contributed by atoms with E-state index in [4.69, 9.17) is 5.11 Å². The van der Waals surface area contributed by atoms with Crippen LogP contribution >= 0.6 is 0 Å². The third-order valence-electron chi connectivity index (χ3n) is 2.48. The molecule has 2 heteroatoms. The van der Waals surface area contributed by atoms with Gasteiger partial charge in [0.1, 0.15) is 0 Å². The van der Waals surface area contributed by atoms with Crippen LogP contribution in [-0.2, 0) is 0 Å². The summed E-state index contributed by atoms with van der Waals surface area (Å²) in [5, 5.41) is 8.67. The molecule has 0 spiro atoms. The van der Waals surface area contributed by atoms with Gasteiger partial charge in [0.05, 0.1) is 6.61 Å². The smallest absolute Gasteiger partial charge is 0.0558 e. The number of aliphatic hydroxyl groups is 1. The standard InChI is InChI=1S/C10H19NO/c1-11(8-9-12)7-6-10-4-2-3-5-10/h2,4,10,12H,3,5-9H2,1H3. The van der Waals surface area contributed by atoms with Gasteiger partial charge in [0.2, 0.25) is 0 Å². The van der Waals surface area contributed by atoms with Crippen LogP contribution in [0.2, 0.25) is 0 Å². The number of hydrogen-bond acceptors (Lipinski definition) is 2. The summed E-state index contributed by atoms with van der Waals surface area (Å²) in [6, 6.07) is 0. The molecule has 0 aromatic rings. The average molecular weight is 169 g/mol. The molecule has 1 atom stereocenters. The van der Waals surface area contributed by atoms with Gasteiger partial charge in [-0.05, 0) is 38.8 Å². The van der Waals surface area contributed by atoms with Crippen molar-refractivity contribution < 1.29 is 5.11 Å².